The number of nitrogens with two attached hydrogens (primary N) is 1. The van der Waals surface area contributed by atoms with Crippen molar-refractivity contribution in [3.8, 4) is 0 Å². The van der Waals surface area contributed by atoms with Crippen LogP contribution >= 0.6 is 15.9 Å². The van der Waals surface area contributed by atoms with Crippen LogP contribution in [0.1, 0.15) is 12.8 Å². The normalized spacial score (nSPS) is 18.3. The molecule has 1 fully saturated rings. The minimum absolute atomic E-state index is 0.500. The van der Waals surface area contributed by atoms with Gasteiger partial charge in [-0.3, -0.25) is 0 Å². The molecule has 0 unspecified atom stereocenters. The lowest BCUT2D eigenvalue weighted by molar-refractivity contribution is 0.252. The van der Waals surface area contributed by atoms with E-state index < -0.39 is 0 Å². The average Bonchev–Trinajstić information content (AvgIpc) is 2.28. The van der Waals surface area contributed by atoms with Crippen LogP contribution in [0.5, 0.6) is 0 Å². The number of piperidine rings is 1. The van der Waals surface area contributed by atoms with E-state index >= 15 is 0 Å². The summed E-state index contributed by atoms with van der Waals surface area (Å²) in [6, 6.07) is 2.21. The summed E-state index contributed by atoms with van der Waals surface area (Å²) in [5.74, 6) is 1.20. The van der Waals surface area contributed by atoms with Crippen LogP contribution in [-0.2, 0) is 0 Å². The van der Waals surface area contributed by atoms with Crippen LogP contribution in [0.15, 0.2) is 10.7 Å². The van der Waals surface area contributed by atoms with E-state index in [1.165, 1.54) is 0 Å². The number of aromatic nitrogens is 2. The number of hydrogen-bond acceptors (Lipinski definition) is 5. The fourth-order valence-corrected chi connectivity index (χ4v) is 2.52. The van der Waals surface area contributed by atoms with Gasteiger partial charge in [0, 0.05) is 19.2 Å². The molecule has 1 aromatic heterocycles. The van der Waals surface area contributed by atoms with E-state index in [9.17, 15) is 0 Å². The number of nitrogens with zero attached hydrogens (tertiary/aromatic N) is 4. The van der Waals surface area contributed by atoms with Gasteiger partial charge in [-0.25, -0.2) is 4.98 Å². The highest BCUT2D eigenvalue weighted by Crippen LogP contribution is 2.21. The van der Waals surface area contributed by atoms with Crippen LogP contribution in [0.25, 0.3) is 0 Å². The van der Waals surface area contributed by atoms with Gasteiger partial charge in [0.15, 0.2) is 0 Å². The van der Waals surface area contributed by atoms with E-state index in [0.717, 1.165) is 30.5 Å². The molecule has 0 aromatic carbocycles. The second-order valence-electron chi connectivity index (χ2n) is 4.56. The summed E-state index contributed by atoms with van der Waals surface area (Å²) in [4.78, 5) is 13.1. The molecule has 2 rings (SSSR count). The van der Waals surface area contributed by atoms with Crippen molar-refractivity contribution in [3.63, 3.8) is 0 Å². The zero-order chi connectivity index (χ0) is 12.4. The van der Waals surface area contributed by atoms with Crippen LogP contribution in [0.3, 0.4) is 0 Å². The van der Waals surface area contributed by atoms with Crippen molar-refractivity contribution < 1.29 is 0 Å². The molecule has 0 spiro atoms. The Hall–Kier alpha value is -0.880. The number of anilines is 2. The van der Waals surface area contributed by atoms with Gasteiger partial charge >= 0.3 is 0 Å². The molecule has 1 aliphatic rings. The maximum Gasteiger partial charge on any atom is 0.228 e. The second kappa shape index (κ2) is 5.18. The van der Waals surface area contributed by atoms with E-state index in [0.29, 0.717) is 17.8 Å². The third-order valence-corrected chi connectivity index (χ3v) is 3.66. The Bertz CT molecular complexity index is 369. The van der Waals surface area contributed by atoms with Crippen molar-refractivity contribution in [1.82, 2.24) is 14.9 Å². The Morgan fingerprint density at radius 2 is 2.06 bits per heavy atom. The second-order valence-corrected chi connectivity index (χ2v) is 5.37. The molecule has 6 heteroatoms. The van der Waals surface area contributed by atoms with Gasteiger partial charge in [0.2, 0.25) is 5.95 Å². The van der Waals surface area contributed by atoms with E-state index in [1.54, 1.807) is 6.07 Å². The first kappa shape index (κ1) is 12.6. The van der Waals surface area contributed by atoms with Gasteiger partial charge in [-0.2, -0.15) is 4.98 Å². The average molecular weight is 300 g/mol. The van der Waals surface area contributed by atoms with Gasteiger partial charge in [0.05, 0.1) is 0 Å². The van der Waals surface area contributed by atoms with Crippen molar-refractivity contribution in [3.05, 3.63) is 10.7 Å². The maximum absolute atomic E-state index is 5.73. The van der Waals surface area contributed by atoms with Crippen molar-refractivity contribution in [2.45, 2.75) is 18.9 Å². The van der Waals surface area contributed by atoms with Crippen LogP contribution in [-0.4, -0.2) is 48.1 Å². The number of nitrogen functional groups attached to an aromatic ring is 1. The van der Waals surface area contributed by atoms with Crippen LogP contribution in [0, 0.1) is 0 Å². The first-order valence-corrected chi connectivity index (χ1v) is 6.57. The SMILES string of the molecule is CN1CCC(N(C)c2nc(N)cc(Br)n2)CC1. The predicted molar refractivity (Wildman–Crippen MR) is 73.1 cm³/mol. The maximum atomic E-state index is 5.73. The number of likely N-dealkylation sites (tertiary alicyclic amines) is 1. The van der Waals surface area contributed by atoms with Gasteiger partial charge in [-0.15, -0.1) is 0 Å². The Morgan fingerprint density at radius 1 is 1.41 bits per heavy atom. The molecular weight excluding hydrogens is 282 g/mol. The molecule has 0 bridgehead atoms. The fraction of sp³-hybridized carbons (Fsp3) is 0.636. The van der Waals surface area contributed by atoms with Gasteiger partial charge in [0.25, 0.3) is 0 Å². The Labute approximate surface area is 110 Å². The van der Waals surface area contributed by atoms with Gasteiger partial charge in [-0.1, -0.05) is 0 Å². The van der Waals surface area contributed by atoms with Gasteiger partial charge < -0.3 is 15.5 Å². The third kappa shape index (κ3) is 3.07. The molecule has 1 aliphatic heterocycles. The molecule has 1 saturated heterocycles. The fourth-order valence-electron chi connectivity index (χ4n) is 2.13. The summed E-state index contributed by atoms with van der Waals surface area (Å²) in [6.07, 6.45) is 2.28. The summed E-state index contributed by atoms with van der Waals surface area (Å²) in [5, 5.41) is 0. The van der Waals surface area contributed by atoms with Crippen LogP contribution < -0.4 is 10.6 Å². The van der Waals surface area contributed by atoms with Crippen LogP contribution in [0.4, 0.5) is 11.8 Å². The highest BCUT2D eigenvalue weighted by atomic mass is 79.9. The molecule has 2 heterocycles. The zero-order valence-electron chi connectivity index (χ0n) is 10.2. The molecule has 0 amide bonds. The zero-order valence-corrected chi connectivity index (χ0v) is 11.8. The van der Waals surface area contributed by atoms with E-state index in [4.69, 9.17) is 5.73 Å². The monoisotopic (exact) mass is 299 g/mol. The molecular formula is C11H18BrN5. The molecule has 17 heavy (non-hydrogen) atoms. The summed E-state index contributed by atoms with van der Waals surface area (Å²) >= 11 is 3.35. The van der Waals surface area contributed by atoms with E-state index in [-0.39, 0.29) is 0 Å². The molecule has 0 atom stereocenters. The van der Waals surface area contributed by atoms with Crippen molar-refractivity contribution in [2.24, 2.45) is 0 Å². The molecule has 94 valence electrons. The molecule has 0 aliphatic carbocycles. The van der Waals surface area contributed by atoms with Gasteiger partial charge in [-0.05, 0) is 48.9 Å². The summed E-state index contributed by atoms with van der Waals surface area (Å²) in [7, 11) is 4.20. The molecule has 0 saturated carbocycles. The molecule has 1 aromatic rings. The van der Waals surface area contributed by atoms with Crippen molar-refractivity contribution in [1.29, 1.82) is 0 Å². The van der Waals surface area contributed by atoms with E-state index in [1.807, 2.05) is 7.05 Å². The number of halogens is 1. The first-order chi connectivity index (χ1) is 8.06. The molecule has 2 N–H and O–H groups in total. The Balaban J connectivity index is 2.10. The topological polar surface area (TPSA) is 58.3 Å². The number of rotatable bonds is 2. The summed E-state index contributed by atoms with van der Waals surface area (Å²) < 4.78 is 0.736. The Kier molecular flexibility index (Phi) is 3.83. The number of hydrogen-bond donors (Lipinski definition) is 1. The first-order valence-electron chi connectivity index (χ1n) is 5.77. The van der Waals surface area contributed by atoms with Crippen molar-refractivity contribution in [2.75, 3.05) is 37.8 Å². The van der Waals surface area contributed by atoms with E-state index in [2.05, 4.69) is 42.7 Å². The highest BCUT2D eigenvalue weighted by molar-refractivity contribution is 9.10. The van der Waals surface area contributed by atoms with Gasteiger partial charge in [0.1, 0.15) is 10.4 Å². The highest BCUT2D eigenvalue weighted by Gasteiger charge is 2.22. The molecule has 5 nitrogen and oxygen atoms in total. The standard InChI is InChI=1S/C11H18BrN5/c1-16-5-3-8(4-6-16)17(2)11-14-9(12)7-10(13)15-11/h7-8H,3-6H2,1-2H3,(H2,13,14,15). The minimum Gasteiger partial charge on any atom is -0.383 e. The lowest BCUT2D eigenvalue weighted by atomic mass is 10.0. The minimum atomic E-state index is 0.500. The smallest absolute Gasteiger partial charge is 0.228 e. The summed E-state index contributed by atoms with van der Waals surface area (Å²) in [5.41, 5.74) is 5.73. The third-order valence-electron chi connectivity index (χ3n) is 3.25. The predicted octanol–water partition coefficient (Wildman–Crippen LogP) is 1.35. The summed E-state index contributed by atoms with van der Waals surface area (Å²) in [6.45, 7) is 2.25. The van der Waals surface area contributed by atoms with Crippen LogP contribution in [0.2, 0.25) is 0 Å². The van der Waals surface area contributed by atoms with Crippen molar-refractivity contribution >= 4 is 27.7 Å². The Morgan fingerprint density at radius 3 is 2.65 bits per heavy atom. The lowest BCUT2D eigenvalue weighted by Crippen LogP contribution is -2.42. The molecule has 0 radical (unpaired) electrons. The lowest BCUT2D eigenvalue weighted by Gasteiger charge is -2.35. The largest absolute Gasteiger partial charge is 0.383 e. The quantitative estimate of drug-likeness (QED) is 0.836.